The molecule has 2 atom stereocenters. The van der Waals surface area contributed by atoms with Crippen LogP contribution in [0.25, 0.3) is 11.1 Å². The zero-order valence-corrected chi connectivity index (χ0v) is 19.3. The lowest BCUT2D eigenvalue weighted by molar-refractivity contribution is -0.143. The molecule has 2 aliphatic rings. The number of ether oxygens (including phenoxy) is 1. The molecule has 0 bridgehead atoms. The summed E-state index contributed by atoms with van der Waals surface area (Å²) in [5.74, 6) is -1.13. The van der Waals surface area contributed by atoms with E-state index < -0.39 is 12.1 Å². The zero-order valence-electron chi connectivity index (χ0n) is 19.3. The van der Waals surface area contributed by atoms with Gasteiger partial charge in [-0.3, -0.25) is 9.59 Å². The fraction of sp³-hybridized carbons (Fsp3) is 0.444. The van der Waals surface area contributed by atoms with Gasteiger partial charge in [0.1, 0.15) is 6.61 Å². The second-order valence-electron chi connectivity index (χ2n) is 9.15. The number of carboxylic acids is 1. The van der Waals surface area contributed by atoms with Crippen molar-refractivity contribution in [1.29, 1.82) is 0 Å². The smallest absolute Gasteiger partial charge is 0.407 e. The van der Waals surface area contributed by atoms with E-state index in [9.17, 15) is 19.5 Å². The van der Waals surface area contributed by atoms with Crippen molar-refractivity contribution in [1.82, 2.24) is 10.6 Å². The normalized spacial score (nSPS) is 18.7. The van der Waals surface area contributed by atoms with Crippen LogP contribution in [-0.2, 0) is 14.3 Å². The van der Waals surface area contributed by atoms with Crippen LogP contribution in [0.5, 0.6) is 0 Å². The lowest BCUT2D eigenvalue weighted by Gasteiger charge is -2.16. The van der Waals surface area contributed by atoms with Crippen molar-refractivity contribution >= 4 is 18.0 Å². The SMILES string of the molecule is O=C(CCCCNC(=O)OCC1c2ccccc2-c2ccccc21)NC[C@H]1CCC[C@H]1C(=O)O. The van der Waals surface area contributed by atoms with Crippen molar-refractivity contribution < 1.29 is 24.2 Å². The number of amides is 2. The minimum absolute atomic E-state index is 0.0247. The van der Waals surface area contributed by atoms with Gasteiger partial charge in [0, 0.05) is 25.4 Å². The molecule has 0 saturated heterocycles. The van der Waals surface area contributed by atoms with E-state index in [-0.39, 0.29) is 30.3 Å². The molecule has 180 valence electrons. The first-order valence-electron chi connectivity index (χ1n) is 12.1. The van der Waals surface area contributed by atoms with Crippen LogP contribution in [-0.4, -0.2) is 42.8 Å². The van der Waals surface area contributed by atoms with Gasteiger partial charge in [-0.25, -0.2) is 4.79 Å². The van der Waals surface area contributed by atoms with Crippen molar-refractivity contribution in [3.05, 3.63) is 59.7 Å². The number of hydrogen-bond donors (Lipinski definition) is 3. The summed E-state index contributed by atoms with van der Waals surface area (Å²) in [6.07, 6.45) is 3.66. The first-order valence-corrected chi connectivity index (χ1v) is 12.1. The molecule has 0 aliphatic heterocycles. The molecule has 2 aliphatic carbocycles. The van der Waals surface area contributed by atoms with Gasteiger partial charge in [0.15, 0.2) is 0 Å². The predicted molar refractivity (Wildman–Crippen MR) is 128 cm³/mol. The highest BCUT2D eigenvalue weighted by atomic mass is 16.5. The third-order valence-corrected chi connectivity index (χ3v) is 6.98. The molecule has 0 heterocycles. The molecule has 1 fully saturated rings. The summed E-state index contributed by atoms with van der Waals surface area (Å²) in [7, 11) is 0. The summed E-state index contributed by atoms with van der Waals surface area (Å²) in [5.41, 5.74) is 4.73. The van der Waals surface area contributed by atoms with Gasteiger partial charge < -0.3 is 20.5 Å². The van der Waals surface area contributed by atoms with Crippen LogP contribution in [0.15, 0.2) is 48.5 Å². The minimum Gasteiger partial charge on any atom is -0.481 e. The quantitative estimate of drug-likeness (QED) is 0.455. The van der Waals surface area contributed by atoms with Crippen molar-refractivity contribution in [3.63, 3.8) is 0 Å². The van der Waals surface area contributed by atoms with Crippen molar-refractivity contribution in [2.75, 3.05) is 19.7 Å². The number of unbranched alkanes of at least 4 members (excludes halogenated alkanes) is 1. The Labute approximate surface area is 199 Å². The Hall–Kier alpha value is -3.35. The van der Waals surface area contributed by atoms with Crippen LogP contribution >= 0.6 is 0 Å². The zero-order chi connectivity index (χ0) is 23.9. The highest BCUT2D eigenvalue weighted by molar-refractivity contribution is 5.79. The number of carbonyl (C=O) groups is 3. The second-order valence-corrected chi connectivity index (χ2v) is 9.15. The Balaban J connectivity index is 1.12. The van der Waals surface area contributed by atoms with E-state index in [4.69, 9.17) is 4.74 Å². The topological polar surface area (TPSA) is 105 Å². The van der Waals surface area contributed by atoms with Crippen LogP contribution in [0.1, 0.15) is 55.6 Å². The summed E-state index contributed by atoms with van der Waals surface area (Å²) < 4.78 is 5.51. The molecule has 2 amide bonds. The fourth-order valence-electron chi connectivity index (χ4n) is 5.19. The Bertz CT molecular complexity index is 992. The lowest BCUT2D eigenvalue weighted by atomic mass is 9.96. The molecule has 0 aromatic heterocycles. The number of benzene rings is 2. The van der Waals surface area contributed by atoms with E-state index >= 15 is 0 Å². The molecule has 0 unspecified atom stereocenters. The Kier molecular flexibility index (Phi) is 7.83. The van der Waals surface area contributed by atoms with E-state index in [1.54, 1.807) is 0 Å². The van der Waals surface area contributed by atoms with Gasteiger partial charge in [0.2, 0.25) is 5.91 Å². The molecule has 0 radical (unpaired) electrons. The molecule has 4 rings (SSSR count). The number of nitrogens with one attached hydrogen (secondary N) is 2. The highest BCUT2D eigenvalue weighted by Crippen LogP contribution is 2.44. The predicted octanol–water partition coefficient (Wildman–Crippen LogP) is 4.31. The highest BCUT2D eigenvalue weighted by Gasteiger charge is 2.33. The standard InChI is InChI=1S/C27H32N2O5/c30-25(29-16-18-8-7-13-19(18)26(31)32)14-5-6-15-28-27(33)34-17-24-22-11-3-1-9-20(22)21-10-2-4-12-23(21)24/h1-4,9-12,18-19,24H,5-8,13-17H2,(H,28,33)(H,29,30)(H,31,32)/t18-,19-/m1/s1. The van der Waals surface area contributed by atoms with Crippen molar-refractivity contribution in [2.24, 2.45) is 11.8 Å². The van der Waals surface area contributed by atoms with Gasteiger partial charge in [0.25, 0.3) is 0 Å². The van der Waals surface area contributed by atoms with Gasteiger partial charge in [-0.15, -0.1) is 0 Å². The lowest BCUT2D eigenvalue weighted by Crippen LogP contribution is -2.33. The summed E-state index contributed by atoms with van der Waals surface area (Å²) in [6, 6.07) is 16.4. The molecule has 7 heteroatoms. The van der Waals surface area contributed by atoms with Crippen LogP contribution in [0, 0.1) is 11.8 Å². The Morgan fingerprint density at radius 3 is 2.26 bits per heavy atom. The maximum atomic E-state index is 12.2. The van der Waals surface area contributed by atoms with Gasteiger partial charge in [-0.05, 0) is 53.9 Å². The minimum atomic E-state index is -0.768. The molecular weight excluding hydrogens is 432 g/mol. The van der Waals surface area contributed by atoms with E-state index in [2.05, 4.69) is 34.9 Å². The van der Waals surface area contributed by atoms with E-state index in [0.29, 0.717) is 38.8 Å². The summed E-state index contributed by atoms with van der Waals surface area (Å²) in [6.45, 7) is 1.14. The first-order chi connectivity index (χ1) is 16.5. The molecule has 1 saturated carbocycles. The molecule has 7 nitrogen and oxygen atoms in total. The molecular formula is C27H32N2O5. The van der Waals surface area contributed by atoms with Crippen LogP contribution < -0.4 is 10.6 Å². The third kappa shape index (κ3) is 5.58. The molecule has 0 spiro atoms. The van der Waals surface area contributed by atoms with E-state index in [1.807, 2.05) is 24.3 Å². The first kappa shape index (κ1) is 23.8. The number of rotatable bonds is 10. The van der Waals surface area contributed by atoms with E-state index in [0.717, 1.165) is 12.8 Å². The molecule has 2 aromatic rings. The average Bonchev–Trinajstić information content (AvgIpc) is 3.44. The summed E-state index contributed by atoms with van der Waals surface area (Å²) in [5, 5.41) is 14.9. The second kappa shape index (κ2) is 11.2. The number of alkyl carbamates (subject to hydrolysis) is 1. The monoisotopic (exact) mass is 464 g/mol. The Morgan fingerprint density at radius 2 is 1.59 bits per heavy atom. The largest absolute Gasteiger partial charge is 0.481 e. The number of carbonyl (C=O) groups excluding carboxylic acids is 2. The third-order valence-electron chi connectivity index (χ3n) is 6.98. The van der Waals surface area contributed by atoms with Gasteiger partial charge >= 0.3 is 12.1 Å². The van der Waals surface area contributed by atoms with Crippen LogP contribution in [0.4, 0.5) is 4.79 Å². The van der Waals surface area contributed by atoms with Gasteiger partial charge in [-0.1, -0.05) is 55.0 Å². The van der Waals surface area contributed by atoms with E-state index in [1.165, 1.54) is 22.3 Å². The van der Waals surface area contributed by atoms with Crippen molar-refractivity contribution in [3.8, 4) is 11.1 Å². The van der Waals surface area contributed by atoms with Gasteiger partial charge in [0.05, 0.1) is 5.92 Å². The number of fused-ring (bicyclic) bond motifs is 3. The summed E-state index contributed by atoms with van der Waals surface area (Å²) >= 11 is 0. The molecule has 2 aromatic carbocycles. The Morgan fingerprint density at radius 1 is 0.912 bits per heavy atom. The van der Waals surface area contributed by atoms with Gasteiger partial charge in [-0.2, -0.15) is 0 Å². The summed E-state index contributed by atoms with van der Waals surface area (Å²) in [4.78, 5) is 35.5. The fourth-order valence-corrected chi connectivity index (χ4v) is 5.19. The maximum absolute atomic E-state index is 12.2. The number of hydrogen-bond acceptors (Lipinski definition) is 4. The molecule has 3 N–H and O–H groups in total. The van der Waals surface area contributed by atoms with Crippen LogP contribution in [0.3, 0.4) is 0 Å². The average molecular weight is 465 g/mol. The number of carboxylic acid groups (broad SMARTS) is 1. The van der Waals surface area contributed by atoms with Crippen LogP contribution in [0.2, 0.25) is 0 Å². The number of aliphatic carboxylic acids is 1. The molecule has 34 heavy (non-hydrogen) atoms. The maximum Gasteiger partial charge on any atom is 0.407 e. The van der Waals surface area contributed by atoms with Crippen molar-refractivity contribution in [2.45, 2.75) is 44.4 Å².